The highest BCUT2D eigenvalue weighted by Crippen LogP contribution is 2.37. The molecule has 0 aromatic heterocycles. The molecule has 0 aliphatic carbocycles. The van der Waals surface area contributed by atoms with E-state index < -0.39 is 4.74 Å². The fourth-order valence-corrected chi connectivity index (χ4v) is 2.50. The van der Waals surface area contributed by atoms with Gasteiger partial charge < -0.3 is 14.3 Å². The Hall–Kier alpha value is -0.790. The van der Waals surface area contributed by atoms with E-state index in [0.717, 1.165) is 5.71 Å². The molecule has 1 aromatic carbocycles. The lowest BCUT2D eigenvalue weighted by Crippen LogP contribution is -2.03. The first-order chi connectivity index (χ1) is 10.9. The Kier molecular flexibility index (Phi) is 9.59. The Morgan fingerprint density at radius 3 is 2.65 bits per heavy atom. The lowest BCUT2D eigenvalue weighted by molar-refractivity contribution is 0.127. The van der Waals surface area contributed by atoms with Gasteiger partial charge in [0, 0.05) is 12.5 Å². The number of hydrogen-bond donors (Lipinski definition) is 0. The molecule has 0 spiro atoms. The second-order valence-corrected chi connectivity index (χ2v) is 6.61. The summed E-state index contributed by atoms with van der Waals surface area (Å²) in [4.78, 5) is 5.08. The van der Waals surface area contributed by atoms with Crippen LogP contribution in [0.4, 0.5) is 4.39 Å². The highest BCUT2D eigenvalue weighted by atomic mass is 79.9. The molecule has 0 aliphatic heterocycles. The van der Waals surface area contributed by atoms with Crippen molar-refractivity contribution in [3.05, 3.63) is 32.4 Å². The molecule has 0 heterocycles. The average molecular weight is 474 g/mol. The van der Waals surface area contributed by atoms with Crippen LogP contribution < -0.4 is 9.47 Å². The molecule has 0 saturated heterocycles. The van der Waals surface area contributed by atoms with Crippen LogP contribution in [0.2, 0.25) is 5.02 Å². The van der Waals surface area contributed by atoms with Crippen molar-refractivity contribution in [2.75, 3.05) is 19.8 Å². The molecule has 128 valence electrons. The summed E-state index contributed by atoms with van der Waals surface area (Å²) in [6.07, 6.45) is 1.93. The van der Waals surface area contributed by atoms with Gasteiger partial charge >= 0.3 is 0 Å². The summed E-state index contributed by atoms with van der Waals surface area (Å²) in [6.45, 7) is 4.72. The topological polar surface area (TPSA) is 40.0 Å². The third-order valence-corrected chi connectivity index (χ3v) is 3.53. The molecule has 8 heteroatoms. The van der Waals surface area contributed by atoms with Crippen LogP contribution in [0, 0.1) is 0 Å². The Bertz CT molecular complexity index is 551. The van der Waals surface area contributed by atoms with Crippen molar-refractivity contribution in [1.29, 1.82) is 0 Å². The van der Waals surface area contributed by atoms with E-state index in [-0.39, 0.29) is 6.61 Å². The molecule has 0 saturated carbocycles. The number of ether oxygens (including phenoxy) is 2. The molecule has 0 N–H and O–H groups in total. The van der Waals surface area contributed by atoms with Crippen molar-refractivity contribution in [1.82, 2.24) is 0 Å². The number of halogens is 4. The molecular formula is C15H17Br2ClFNO3. The van der Waals surface area contributed by atoms with Gasteiger partial charge in [0.15, 0.2) is 10.5 Å². The zero-order valence-electron chi connectivity index (χ0n) is 12.7. The maximum Gasteiger partial charge on any atom is 0.165 e. The minimum absolute atomic E-state index is 0.0920. The number of nitrogens with zero attached hydrogens (tertiary/aromatic N) is 1. The predicted octanol–water partition coefficient (Wildman–Crippen LogP) is 5.87. The van der Waals surface area contributed by atoms with Crippen LogP contribution in [-0.4, -0.2) is 25.5 Å². The van der Waals surface area contributed by atoms with E-state index >= 15 is 0 Å². The predicted molar refractivity (Wildman–Crippen MR) is 97.6 cm³/mol. The van der Waals surface area contributed by atoms with Crippen LogP contribution >= 0.6 is 43.5 Å². The molecule has 0 unspecified atom stereocenters. The molecule has 1 rings (SSSR count). The number of oxime groups is 1. The number of benzene rings is 1. The van der Waals surface area contributed by atoms with Crippen molar-refractivity contribution >= 4 is 49.2 Å². The summed E-state index contributed by atoms with van der Waals surface area (Å²) < 4.78 is 23.7. The molecule has 0 radical (unpaired) electrons. The van der Waals surface area contributed by atoms with Crippen LogP contribution in [0.5, 0.6) is 11.5 Å². The van der Waals surface area contributed by atoms with Gasteiger partial charge in [-0.15, -0.1) is 0 Å². The van der Waals surface area contributed by atoms with Gasteiger partial charge in [-0.2, -0.15) is 4.39 Å². The van der Waals surface area contributed by atoms with E-state index in [2.05, 4.69) is 37.0 Å². The second-order valence-electron chi connectivity index (χ2n) is 4.59. The van der Waals surface area contributed by atoms with Gasteiger partial charge in [-0.3, -0.25) is 0 Å². The second kappa shape index (κ2) is 10.9. The summed E-state index contributed by atoms with van der Waals surface area (Å²) in [6, 6.07) is 3.32. The molecule has 0 atom stereocenters. The Labute approximate surface area is 156 Å². The zero-order chi connectivity index (χ0) is 17.2. The summed E-state index contributed by atoms with van der Waals surface area (Å²) in [5, 5.41) is 4.23. The van der Waals surface area contributed by atoms with Gasteiger partial charge in [0.05, 0.1) is 21.8 Å². The van der Waals surface area contributed by atoms with Crippen LogP contribution in [0.15, 0.2) is 32.6 Å². The summed E-state index contributed by atoms with van der Waals surface area (Å²) in [5.41, 5.74) is 0.863. The van der Waals surface area contributed by atoms with Crippen LogP contribution in [0.25, 0.3) is 0 Å². The molecule has 1 aromatic rings. The lowest BCUT2D eigenvalue weighted by Gasteiger charge is -2.12. The van der Waals surface area contributed by atoms with Crippen LogP contribution in [-0.2, 0) is 4.84 Å². The Morgan fingerprint density at radius 2 is 2.04 bits per heavy atom. The van der Waals surface area contributed by atoms with Crippen molar-refractivity contribution in [2.45, 2.75) is 20.3 Å². The van der Waals surface area contributed by atoms with Crippen molar-refractivity contribution in [2.24, 2.45) is 5.16 Å². The normalized spacial score (nSPS) is 11.1. The van der Waals surface area contributed by atoms with Crippen molar-refractivity contribution < 1.29 is 18.7 Å². The molecule has 0 amide bonds. The molecule has 0 aliphatic rings. The highest BCUT2D eigenvalue weighted by molar-refractivity contribution is 9.11. The third kappa shape index (κ3) is 8.58. The maximum atomic E-state index is 12.5. The van der Waals surface area contributed by atoms with Gasteiger partial charge in [-0.05, 0) is 57.8 Å². The highest BCUT2D eigenvalue weighted by Gasteiger charge is 2.10. The van der Waals surface area contributed by atoms with Crippen molar-refractivity contribution in [3.8, 4) is 11.5 Å². The van der Waals surface area contributed by atoms with E-state index in [1.807, 2.05) is 13.8 Å². The molecule has 0 fully saturated rings. The quantitative estimate of drug-likeness (QED) is 0.256. The first kappa shape index (κ1) is 20.3. The Balaban J connectivity index is 2.50. The van der Waals surface area contributed by atoms with E-state index in [1.165, 1.54) is 6.08 Å². The number of hydrogen-bond acceptors (Lipinski definition) is 4. The standard InChI is InChI=1S/C15H17Br2ClFNO3/c1-10(2)20-23-6-3-5-22-15-12(16)8-11(9-13(15)18)21-7-4-14(17)19/h4,8-9H,3,5-7H2,1-2H3/b14-4-. The maximum absolute atomic E-state index is 12.5. The monoisotopic (exact) mass is 471 g/mol. The fraction of sp³-hybridized carbons (Fsp3) is 0.400. The van der Waals surface area contributed by atoms with E-state index in [4.69, 9.17) is 25.9 Å². The van der Waals surface area contributed by atoms with Gasteiger partial charge in [-0.1, -0.05) is 16.8 Å². The summed E-state index contributed by atoms with van der Waals surface area (Å²) in [5.74, 6) is 1.03. The number of rotatable bonds is 9. The van der Waals surface area contributed by atoms with Gasteiger partial charge in [0.2, 0.25) is 0 Å². The SMILES string of the molecule is CC(C)=NOCCCOc1c(Cl)cc(OC/C=C(\F)Br)cc1Br. The van der Waals surface area contributed by atoms with E-state index in [0.29, 0.717) is 40.6 Å². The molecule has 0 bridgehead atoms. The van der Waals surface area contributed by atoms with Gasteiger partial charge in [0.1, 0.15) is 19.0 Å². The molecular weight excluding hydrogens is 456 g/mol. The summed E-state index contributed by atoms with van der Waals surface area (Å²) >= 11 is 12.2. The van der Waals surface area contributed by atoms with Gasteiger partial charge in [0.25, 0.3) is 0 Å². The van der Waals surface area contributed by atoms with Crippen LogP contribution in [0.3, 0.4) is 0 Å². The average Bonchev–Trinajstić information content (AvgIpc) is 2.44. The lowest BCUT2D eigenvalue weighted by atomic mass is 10.3. The third-order valence-electron chi connectivity index (χ3n) is 2.33. The fourth-order valence-electron chi connectivity index (χ4n) is 1.43. The largest absolute Gasteiger partial charge is 0.491 e. The van der Waals surface area contributed by atoms with Crippen LogP contribution in [0.1, 0.15) is 20.3 Å². The van der Waals surface area contributed by atoms with E-state index in [1.54, 1.807) is 12.1 Å². The smallest absolute Gasteiger partial charge is 0.165 e. The minimum Gasteiger partial charge on any atom is -0.491 e. The van der Waals surface area contributed by atoms with Crippen molar-refractivity contribution in [3.63, 3.8) is 0 Å². The minimum atomic E-state index is -0.479. The first-order valence-electron chi connectivity index (χ1n) is 6.79. The molecule has 4 nitrogen and oxygen atoms in total. The summed E-state index contributed by atoms with van der Waals surface area (Å²) in [7, 11) is 0. The first-order valence-corrected chi connectivity index (χ1v) is 8.75. The Morgan fingerprint density at radius 1 is 1.30 bits per heavy atom. The molecule has 23 heavy (non-hydrogen) atoms. The van der Waals surface area contributed by atoms with Gasteiger partial charge in [-0.25, -0.2) is 0 Å². The van der Waals surface area contributed by atoms with E-state index in [9.17, 15) is 4.39 Å². The zero-order valence-corrected chi connectivity index (χ0v) is 16.7.